The van der Waals surface area contributed by atoms with Gasteiger partial charge in [-0.15, -0.1) is 0 Å². The van der Waals surface area contributed by atoms with E-state index in [1.165, 1.54) is 55.7 Å². The molecule has 64 heavy (non-hydrogen) atoms. The molecule has 0 unspecified atom stereocenters. The molecule has 2 aliphatic carbocycles. The predicted octanol–water partition coefficient (Wildman–Crippen LogP) is 13.4. The van der Waals surface area contributed by atoms with Crippen LogP contribution in [0.15, 0.2) is 77.8 Å². The molecule has 4 aromatic rings. The van der Waals surface area contributed by atoms with Gasteiger partial charge in [-0.3, -0.25) is 14.8 Å². The van der Waals surface area contributed by atoms with Crippen molar-refractivity contribution < 1.29 is 14.3 Å². The molecule has 5 aliphatic rings. The zero-order valence-corrected chi connectivity index (χ0v) is 44.4. The van der Waals surface area contributed by atoms with Crippen molar-refractivity contribution in [2.45, 2.75) is 97.0 Å². The Labute approximate surface area is 420 Å². The van der Waals surface area contributed by atoms with Crippen molar-refractivity contribution in [1.82, 2.24) is 25.1 Å². The molecular weight excluding hydrogens is 1110 g/mol. The van der Waals surface area contributed by atoms with Crippen LogP contribution < -0.4 is 5.32 Å². The number of amides is 2. The van der Waals surface area contributed by atoms with Crippen LogP contribution in [-0.4, -0.2) is 76.6 Å². The molecule has 2 amide bonds. The number of halogens is 6. The molecule has 2 aromatic carbocycles. The van der Waals surface area contributed by atoms with Crippen LogP contribution in [0.5, 0.6) is 0 Å². The van der Waals surface area contributed by atoms with E-state index < -0.39 is 5.60 Å². The molecule has 3 fully saturated rings. The van der Waals surface area contributed by atoms with Crippen molar-refractivity contribution >= 4 is 110 Å². The number of ether oxygens (including phenoxy) is 1. The average Bonchev–Trinajstić information content (AvgIpc) is 3.52. The van der Waals surface area contributed by atoms with Crippen LogP contribution in [0.25, 0.3) is 11.1 Å². The van der Waals surface area contributed by atoms with Gasteiger partial charge in [0.1, 0.15) is 5.60 Å². The quantitative estimate of drug-likeness (QED) is 0.215. The fraction of sp³-hybridized carbons (Fsp3) is 0.440. The van der Waals surface area contributed by atoms with Gasteiger partial charge in [0.25, 0.3) is 0 Å². The van der Waals surface area contributed by atoms with Gasteiger partial charge in [0.2, 0.25) is 5.91 Å². The summed E-state index contributed by atoms with van der Waals surface area (Å²) >= 11 is 27.5. The highest BCUT2D eigenvalue weighted by atomic mass is 79.9. The molecule has 0 atom stereocenters. The first-order valence-electron chi connectivity index (χ1n) is 22.3. The summed E-state index contributed by atoms with van der Waals surface area (Å²) in [5.74, 6) is 0.520. The molecule has 3 saturated heterocycles. The maximum atomic E-state index is 13.3. The van der Waals surface area contributed by atoms with Gasteiger partial charge in [0.15, 0.2) is 0 Å². The van der Waals surface area contributed by atoms with Crippen molar-refractivity contribution in [2.24, 2.45) is 5.92 Å². The van der Waals surface area contributed by atoms with Crippen LogP contribution in [0.2, 0.25) is 10.0 Å². The number of nitrogens with one attached hydrogen (secondary N) is 1. The topological polar surface area (TPSA) is 87.7 Å². The number of carbonyl (C=O) groups is 2. The number of rotatable bonds is 2. The lowest BCUT2D eigenvalue weighted by Crippen LogP contribution is -2.43. The van der Waals surface area contributed by atoms with Gasteiger partial charge >= 0.3 is 6.09 Å². The normalized spacial score (nSPS) is 17.9. The number of benzene rings is 2. The Morgan fingerprint density at radius 1 is 0.656 bits per heavy atom. The molecule has 0 spiro atoms. The van der Waals surface area contributed by atoms with E-state index in [9.17, 15) is 9.59 Å². The number of nitrogens with zero attached hydrogens (tertiary/aromatic N) is 4. The minimum absolute atomic E-state index is 0.219. The second-order valence-electron chi connectivity index (χ2n) is 18.4. The predicted molar refractivity (Wildman–Crippen MR) is 272 cm³/mol. The van der Waals surface area contributed by atoms with Crippen LogP contribution in [0, 0.1) is 5.92 Å². The lowest BCUT2D eigenvalue weighted by atomic mass is 9.88. The number of aryl methyl sites for hydroxylation is 4. The fourth-order valence-corrected chi connectivity index (χ4v) is 12.6. The summed E-state index contributed by atoms with van der Waals surface area (Å²) in [5, 5.41) is 4.97. The highest BCUT2D eigenvalue weighted by Crippen LogP contribution is 2.44. The van der Waals surface area contributed by atoms with Crippen LogP contribution in [0.1, 0.15) is 110 Å². The molecule has 0 radical (unpaired) electrons. The van der Waals surface area contributed by atoms with Crippen LogP contribution in [0.4, 0.5) is 4.79 Å². The van der Waals surface area contributed by atoms with E-state index in [2.05, 4.69) is 93.3 Å². The van der Waals surface area contributed by atoms with Crippen molar-refractivity contribution in [3.8, 4) is 0 Å². The molecule has 14 heteroatoms. The summed E-state index contributed by atoms with van der Waals surface area (Å²) in [6, 6.07) is 12.6. The Balaban J connectivity index is 0.000000198. The van der Waals surface area contributed by atoms with Crippen molar-refractivity contribution in [3.63, 3.8) is 0 Å². The number of carbonyl (C=O) groups excluding carboxylic acids is 2. The molecule has 1 N–H and O–H groups in total. The Hall–Kier alpha value is -2.58. The largest absolute Gasteiger partial charge is 0.444 e. The summed E-state index contributed by atoms with van der Waals surface area (Å²) in [6.07, 6.45) is 13.3. The number of hydrogen-bond donors (Lipinski definition) is 1. The first-order valence-corrected chi connectivity index (χ1v) is 26.2. The van der Waals surface area contributed by atoms with E-state index in [4.69, 9.17) is 37.9 Å². The van der Waals surface area contributed by atoms with Crippen molar-refractivity contribution in [3.05, 3.63) is 133 Å². The summed E-state index contributed by atoms with van der Waals surface area (Å²) in [6.45, 7) is 10.4. The first-order chi connectivity index (χ1) is 30.6. The average molecular weight is 1160 g/mol. The van der Waals surface area contributed by atoms with Crippen LogP contribution in [0.3, 0.4) is 0 Å². The maximum Gasteiger partial charge on any atom is 0.410 e. The number of fused-ring (bicyclic) bond motifs is 4. The van der Waals surface area contributed by atoms with Gasteiger partial charge < -0.3 is 19.9 Å². The van der Waals surface area contributed by atoms with E-state index in [-0.39, 0.29) is 12.0 Å². The molecule has 9 rings (SSSR count). The molecule has 0 saturated carbocycles. The van der Waals surface area contributed by atoms with E-state index >= 15 is 0 Å². The Morgan fingerprint density at radius 2 is 1.12 bits per heavy atom. The van der Waals surface area contributed by atoms with E-state index in [1.807, 2.05) is 50.2 Å². The number of hydrogen-bond acceptors (Lipinski definition) is 6. The molecular formula is C50H53Br4Cl2N5O3. The third-order valence-corrected chi connectivity index (χ3v) is 15.4. The molecule has 8 nitrogen and oxygen atoms in total. The summed E-state index contributed by atoms with van der Waals surface area (Å²) in [5.41, 5.74) is 14.6. The SMILES string of the molecule is CC(C)(C)OC(=O)N1CCC(CC(=O)N2CCC(=C3c4ncc(Br)cc4CCc4cc(Cl)cc(Br)c43)CC2)CC1.Clc1cc(Br)c2c(c1)CCc1cc(Br)cnc1C2=C1CCNCC1. The fourth-order valence-electron chi connectivity index (χ4n) is 9.74. The number of likely N-dealkylation sites (tertiary alicyclic amines) is 2. The summed E-state index contributed by atoms with van der Waals surface area (Å²) in [4.78, 5) is 39.2. The van der Waals surface area contributed by atoms with E-state index in [0.29, 0.717) is 38.5 Å². The monoisotopic (exact) mass is 1160 g/mol. The molecule has 2 aromatic heterocycles. The molecule has 5 heterocycles. The van der Waals surface area contributed by atoms with Crippen molar-refractivity contribution in [2.75, 3.05) is 39.3 Å². The highest BCUT2D eigenvalue weighted by molar-refractivity contribution is 9.11. The number of piperidine rings is 3. The van der Waals surface area contributed by atoms with Gasteiger partial charge in [-0.1, -0.05) is 66.2 Å². The maximum absolute atomic E-state index is 13.3. The van der Waals surface area contributed by atoms with Gasteiger partial charge in [0.05, 0.1) is 11.4 Å². The Morgan fingerprint density at radius 3 is 1.61 bits per heavy atom. The highest BCUT2D eigenvalue weighted by Gasteiger charge is 2.32. The smallest absolute Gasteiger partial charge is 0.410 e. The van der Waals surface area contributed by atoms with Crippen LogP contribution in [-0.2, 0) is 35.2 Å². The minimum atomic E-state index is -0.497. The van der Waals surface area contributed by atoms with Gasteiger partial charge in [-0.05, 0) is 194 Å². The van der Waals surface area contributed by atoms with Gasteiger partial charge in [-0.25, -0.2) is 4.79 Å². The standard InChI is InChI=1S/C31H36Br2ClN3O3.C19H17Br2ClN2/c1-31(2,3)40-30(39)37-10-6-19(7-11-37)14-26(38)36-12-8-20(9-13-36)28-27-21(16-24(34)17-25(27)33)4-5-22-15-23(32)18-35-29(22)28;20-14-7-13-2-1-12-8-15(22)9-16(21)17(12)18(19(13)24-10-14)11-3-5-23-6-4-11/h15-19H,4-14H2,1-3H3;7-10,23H,1-6H2. The molecule has 338 valence electrons. The summed E-state index contributed by atoms with van der Waals surface area (Å²) in [7, 11) is 0. The second-order valence-corrected chi connectivity index (χ2v) is 22.8. The second kappa shape index (κ2) is 20.7. The lowest BCUT2D eigenvalue weighted by Gasteiger charge is -2.35. The third-order valence-electron chi connectivity index (χ3n) is 12.8. The lowest BCUT2D eigenvalue weighted by molar-refractivity contribution is -0.133. The zero-order valence-electron chi connectivity index (χ0n) is 36.5. The minimum Gasteiger partial charge on any atom is -0.444 e. The Bertz CT molecular complexity index is 2510. The van der Waals surface area contributed by atoms with Crippen LogP contribution >= 0.6 is 86.9 Å². The van der Waals surface area contributed by atoms with E-state index in [1.54, 1.807) is 4.90 Å². The molecule has 3 aliphatic heterocycles. The number of aromatic nitrogens is 2. The van der Waals surface area contributed by atoms with Crippen molar-refractivity contribution in [1.29, 1.82) is 0 Å². The first kappa shape index (κ1) is 47.9. The number of pyridine rings is 2. The molecule has 0 bridgehead atoms. The van der Waals surface area contributed by atoms with E-state index in [0.717, 1.165) is 117 Å². The summed E-state index contributed by atoms with van der Waals surface area (Å²) < 4.78 is 9.60. The zero-order chi connectivity index (χ0) is 45.3. The third kappa shape index (κ3) is 11.2. The Kier molecular flexibility index (Phi) is 15.5. The van der Waals surface area contributed by atoms with Gasteiger partial charge in [0, 0.05) is 95.2 Å². The van der Waals surface area contributed by atoms with Gasteiger partial charge in [-0.2, -0.15) is 0 Å².